The smallest absolute Gasteiger partial charge is 0.236 e. The number of carbonyl (C=O) groups excluding carboxylic acids is 1. The summed E-state index contributed by atoms with van der Waals surface area (Å²) in [5.74, 6) is 0.167. The van der Waals surface area contributed by atoms with Crippen molar-refractivity contribution in [3.63, 3.8) is 0 Å². The predicted molar refractivity (Wildman–Crippen MR) is 105 cm³/mol. The van der Waals surface area contributed by atoms with Crippen LogP contribution in [-0.4, -0.2) is 17.8 Å². The van der Waals surface area contributed by atoms with Crippen molar-refractivity contribution in [1.29, 1.82) is 0 Å². The number of benzene rings is 1. The lowest BCUT2D eigenvalue weighted by Crippen LogP contribution is -2.27. The molecule has 0 amide bonds. The summed E-state index contributed by atoms with van der Waals surface area (Å²) in [7, 11) is 0. The standard InChI is InChI=1S/C21H25FN4O/c1-14(26-19-6-3-9-25-21(19)22)20(23)16-7-8-17(13-27)18(10-16)12-24-11-15-4-2-5-15/h3,6-10,13,15,24,26H,2,4-5,11-12,23H2,1H3/b20-14-. The fraction of sp³-hybridized carbons (Fsp3) is 0.333. The highest BCUT2D eigenvalue weighted by molar-refractivity contribution is 5.79. The summed E-state index contributed by atoms with van der Waals surface area (Å²) in [5.41, 5.74) is 10.00. The van der Waals surface area contributed by atoms with Gasteiger partial charge in [0.1, 0.15) is 6.29 Å². The third kappa shape index (κ3) is 4.71. The van der Waals surface area contributed by atoms with E-state index >= 15 is 0 Å². The number of nitrogens with one attached hydrogen (secondary N) is 2. The van der Waals surface area contributed by atoms with Gasteiger partial charge in [-0.2, -0.15) is 4.39 Å². The normalized spacial score (nSPS) is 15.0. The highest BCUT2D eigenvalue weighted by Crippen LogP contribution is 2.25. The van der Waals surface area contributed by atoms with Gasteiger partial charge in [-0.25, -0.2) is 4.98 Å². The summed E-state index contributed by atoms with van der Waals surface area (Å²) in [5, 5.41) is 6.39. The van der Waals surface area contributed by atoms with Gasteiger partial charge in [0.2, 0.25) is 5.95 Å². The molecular weight excluding hydrogens is 343 g/mol. The molecule has 2 aromatic rings. The number of hydrogen-bond donors (Lipinski definition) is 3. The number of nitrogens with two attached hydrogens (primary N) is 1. The molecule has 1 heterocycles. The molecule has 0 atom stereocenters. The van der Waals surface area contributed by atoms with Crippen LogP contribution >= 0.6 is 0 Å². The zero-order valence-corrected chi connectivity index (χ0v) is 15.5. The molecule has 0 bridgehead atoms. The maximum Gasteiger partial charge on any atom is 0.236 e. The van der Waals surface area contributed by atoms with E-state index in [2.05, 4.69) is 15.6 Å². The Bertz CT molecular complexity index is 846. The first-order valence-corrected chi connectivity index (χ1v) is 9.21. The van der Waals surface area contributed by atoms with Gasteiger partial charge < -0.3 is 16.4 Å². The molecule has 1 aliphatic carbocycles. The zero-order valence-electron chi connectivity index (χ0n) is 15.5. The van der Waals surface area contributed by atoms with Crippen molar-refractivity contribution in [3.8, 4) is 0 Å². The van der Waals surface area contributed by atoms with Crippen LogP contribution in [0.15, 0.2) is 42.2 Å². The van der Waals surface area contributed by atoms with Gasteiger partial charge in [0.05, 0.1) is 11.4 Å². The van der Waals surface area contributed by atoms with Gasteiger partial charge >= 0.3 is 0 Å². The van der Waals surface area contributed by atoms with Gasteiger partial charge in [-0.1, -0.05) is 18.6 Å². The van der Waals surface area contributed by atoms with Crippen LogP contribution in [-0.2, 0) is 6.54 Å². The minimum absolute atomic E-state index is 0.268. The molecule has 0 spiro atoms. The second-order valence-electron chi connectivity index (χ2n) is 6.96. The number of aromatic nitrogens is 1. The fourth-order valence-electron chi connectivity index (χ4n) is 3.11. The molecular formula is C21H25FN4O. The SMILES string of the molecule is C/C(Nc1cccnc1F)=C(/N)c1ccc(C=O)c(CNCC2CCC2)c1. The van der Waals surface area contributed by atoms with Crippen molar-refractivity contribution in [3.05, 3.63) is 64.9 Å². The van der Waals surface area contributed by atoms with Crippen molar-refractivity contribution in [1.82, 2.24) is 10.3 Å². The summed E-state index contributed by atoms with van der Waals surface area (Å²) in [6, 6.07) is 8.74. The van der Waals surface area contributed by atoms with Crippen LogP contribution < -0.4 is 16.4 Å². The molecule has 4 N–H and O–H groups in total. The average Bonchev–Trinajstić information content (AvgIpc) is 2.64. The molecule has 0 radical (unpaired) electrons. The van der Waals surface area contributed by atoms with Crippen LogP contribution in [0.25, 0.3) is 5.70 Å². The molecule has 0 saturated heterocycles. The number of pyridine rings is 1. The lowest BCUT2D eigenvalue weighted by molar-refractivity contribution is 0.112. The molecule has 5 nitrogen and oxygen atoms in total. The summed E-state index contributed by atoms with van der Waals surface area (Å²) in [4.78, 5) is 15.0. The number of hydrogen-bond acceptors (Lipinski definition) is 5. The van der Waals surface area contributed by atoms with Crippen molar-refractivity contribution < 1.29 is 9.18 Å². The number of carbonyl (C=O) groups is 1. The minimum atomic E-state index is -0.582. The third-order valence-corrected chi connectivity index (χ3v) is 5.04. The minimum Gasteiger partial charge on any atom is -0.397 e. The Labute approximate surface area is 158 Å². The Kier molecular flexibility index (Phi) is 6.19. The largest absolute Gasteiger partial charge is 0.397 e. The van der Waals surface area contributed by atoms with Crippen LogP contribution in [0.3, 0.4) is 0 Å². The van der Waals surface area contributed by atoms with Crippen molar-refractivity contribution >= 4 is 17.7 Å². The van der Waals surface area contributed by atoms with E-state index in [9.17, 15) is 9.18 Å². The van der Waals surface area contributed by atoms with E-state index in [1.807, 2.05) is 6.07 Å². The first-order valence-electron chi connectivity index (χ1n) is 9.21. The molecule has 1 aromatic carbocycles. The Morgan fingerprint density at radius 1 is 1.37 bits per heavy atom. The molecule has 142 valence electrons. The fourth-order valence-corrected chi connectivity index (χ4v) is 3.11. The quantitative estimate of drug-likeness (QED) is 0.489. The van der Waals surface area contributed by atoms with Gasteiger partial charge in [0.25, 0.3) is 0 Å². The predicted octanol–water partition coefficient (Wildman–Crippen LogP) is 3.68. The molecule has 1 fully saturated rings. The first-order chi connectivity index (χ1) is 13.1. The summed E-state index contributed by atoms with van der Waals surface area (Å²) in [6.45, 7) is 3.37. The average molecular weight is 368 g/mol. The molecule has 1 saturated carbocycles. The van der Waals surface area contributed by atoms with Crippen LogP contribution in [0, 0.1) is 11.9 Å². The number of allylic oxidation sites excluding steroid dienone is 1. The number of halogens is 1. The molecule has 1 aliphatic rings. The topological polar surface area (TPSA) is 80.0 Å². The molecule has 6 heteroatoms. The monoisotopic (exact) mass is 368 g/mol. The second-order valence-corrected chi connectivity index (χ2v) is 6.96. The van der Waals surface area contributed by atoms with E-state index in [0.717, 1.165) is 29.9 Å². The van der Waals surface area contributed by atoms with Crippen LogP contribution in [0.4, 0.5) is 10.1 Å². The molecule has 3 rings (SSSR count). The molecule has 0 unspecified atom stereocenters. The van der Waals surface area contributed by atoms with E-state index in [4.69, 9.17) is 5.73 Å². The number of rotatable bonds is 8. The maximum absolute atomic E-state index is 13.7. The number of nitrogens with zero attached hydrogens (tertiary/aromatic N) is 1. The molecule has 0 aliphatic heterocycles. The maximum atomic E-state index is 13.7. The van der Waals surface area contributed by atoms with Gasteiger partial charge in [-0.15, -0.1) is 0 Å². The van der Waals surface area contributed by atoms with E-state index in [-0.39, 0.29) is 5.69 Å². The Morgan fingerprint density at radius 3 is 2.85 bits per heavy atom. The van der Waals surface area contributed by atoms with Gasteiger partial charge in [-0.3, -0.25) is 4.79 Å². The van der Waals surface area contributed by atoms with E-state index in [1.54, 1.807) is 31.2 Å². The van der Waals surface area contributed by atoms with E-state index in [1.165, 1.54) is 25.5 Å². The van der Waals surface area contributed by atoms with Crippen LogP contribution in [0.5, 0.6) is 0 Å². The first kappa shape index (κ1) is 19.0. The summed E-state index contributed by atoms with van der Waals surface area (Å²) >= 11 is 0. The highest BCUT2D eigenvalue weighted by Gasteiger charge is 2.16. The second kappa shape index (κ2) is 8.77. The van der Waals surface area contributed by atoms with Crippen LogP contribution in [0.1, 0.15) is 47.7 Å². The third-order valence-electron chi connectivity index (χ3n) is 5.04. The Morgan fingerprint density at radius 2 is 2.19 bits per heavy atom. The lowest BCUT2D eigenvalue weighted by Gasteiger charge is -2.25. The summed E-state index contributed by atoms with van der Waals surface area (Å²) in [6.07, 6.45) is 6.12. The molecule has 1 aromatic heterocycles. The van der Waals surface area contributed by atoms with Crippen molar-refractivity contribution in [2.45, 2.75) is 32.7 Å². The molecule has 27 heavy (non-hydrogen) atoms. The Balaban J connectivity index is 1.76. The Hall–Kier alpha value is -2.73. The van der Waals surface area contributed by atoms with Crippen molar-refractivity contribution in [2.75, 3.05) is 11.9 Å². The van der Waals surface area contributed by atoms with Gasteiger partial charge in [0.15, 0.2) is 0 Å². The van der Waals surface area contributed by atoms with Gasteiger partial charge in [-0.05, 0) is 61.6 Å². The number of anilines is 1. The lowest BCUT2D eigenvalue weighted by atomic mass is 9.85. The van der Waals surface area contributed by atoms with E-state index in [0.29, 0.717) is 23.5 Å². The van der Waals surface area contributed by atoms with E-state index < -0.39 is 5.95 Å². The summed E-state index contributed by atoms with van der Waals surface area (Å²) < 4.78 is 13.7. The van der Waals surface area contributed by atoms with Crippen molar-refractivity contribution in [2.24, 2.45) is 11.7 Å². The number of aldehydes is 1. The highest BCUT2D eigenvalue weighted by atomic mass is 19.1. The van der Waals surface area contributed by atoms with Crippen LogP contribution in [0.2, 0.25) is 0 Å². The van der Waals surface area contributed by atoms with Gasteiger partial charge in [0, 0.05) is 24.0 Å². The zero-order chi connectivity index (χ0) is 19.2.